The highest BCUT2D eigenvalue weighted by atomic mass is 32.2. The number of fused-ring (bicyclic) bond motifs is 1. The first-order chi connectivity index (χ1) is 14.3. The molecular weight excluding hydrogens is 406 g/mol. The van der Waals surface area contributed by atoms with E-state index in [9.17, 15) is 18.0 Å². The van der Waals surface area contributed by atoms with Gasteiger partial charge in [-0.2, -0.15) is 5.10 Å². The number of aromatic nitrogens is 4. The van der Waals surface area contributed by atoms with Gasteiger partial charge in [-0.3, -0.25) is 14.2 Å². The van der Waals surface area contributed by atoms with Gasteiger partial charge in [0.15, 0.2) is 15.5 Å². The maximum Gasteiger partial charge on any atom is 0.264 e. The molecule has 3 aromatic rings. The van der Waals surface area contributed by atoms with E-state index in [-0.39, 0.29) is 47.0 Å². The molecule has 1 aliphatic heterocycles. The lowest BCUT2D eigenvalue weighted by molar-refractivity contribution is -0.119. The number of anilines is 1. The fourth-order valence-corrected chi connectivity index (χ4v) is 5.55. The van der Waals surface area contributed by atoms with Crippen LogP contribution < -0.4 is 10.5 Å². The van der Waals surface area contributed by atoms with Crippen molar-refractivity contribution < 1.29 is 13.2 Å². The summed E-state index contributed by atoms with van der Waals surface area (Å²) in [5, 5.41) is 4.48. The molecule has 2 aromatic heterocycles. The third kappa shape index (κ3) is 3.74. The molecule has 1 saturated heterocycles. The summed E-state index contributed by atoms with van der Waals surface area (Å²) in [4.78, 5) is 31.9. The van der Waals surface area contributed by atoms with Crippen LogP contribution in [0.2, 0.25) is 0 Å². The molecule has 0 radical (unpaired) electrons. The summed E-state index contributed by atoms with van der Waals surface area (Å²) < 4.78 is 26.3. The van der Waals surface area contributed by atoms with Crippen molar-refractivity contribution in [1.29, 1.82) is 0 Å². The third-order valence-corrected chi connectivity index (χ3v) is 7.01. The van der Waals surface area contributed by atoms with Gasteiger partial charge in [0.05, 0.1) is 23.7 Å². The van der Waals surface area contributed by atoms with Crippen molar-refractivity contribution >= 4 is 32.5 Å². The van der Waals surface area contributed by atoms with Gasteiger partial charge in [0.25, 0.3) is 5.56 Å². The number of para-hydroxylation sites is 1. The second kappa shape index (κ2) is 7.67. The third-order valence-electron chi connectivity index (χ3n) is 5.26. The van der Waals surface area contributed by atoms with Crippen LogP contribution in [0.15, 0.2) is 47.7 Å². The van der Waals surface area contributed by atoms with Gasteiger partial charge in [0.2, 0.25) is 5.91 Å². The highest BCUT2D eigenvalue weighted by Gasteiger charge is 2.31. The van der Waals surface area contributed by atoms with Crippen molar-refractivity contribution in [2.45, 2.75) is 38.9 Å². The maximum absolute atomic E-state index is 13.0. The highest BCUT2D eigenvalue weighted by Crippen LogP contribution is 2.25. The molecule has 1 aromatic carbocycles. The lowest BCUT2D eigenvalue weighted by Gasteiger charge is -2.27. The Morgan fingerprint density at radius 2 is 2.00 bits per heavy atom. The predicted octanol–water partition coefficient (Wildman–Crippen LogP) is 1.39. The van der Waals surface area contributed by atoms with Gasteiger partial charge in [-0.05, 0) is 32.4 Å². The predicted molar refractivity (Wildman–Crippen MR) is 113 cm³/mol. The lowest BCUT2D eigenvalue weighted by atomic mass is 10.2. The van der Waals surface area contributed by atoms with Crippen LogP contribution in [-0.4, -0.2) is 51.2 Å². The molecule has 0 bridgehead atoms. The van der Waals surface area contributed by atoms with Crippen LogP contribution >= 0.6 is 0 Å². The minimum absolute atomic E-state index is 0.00649. The molecule has 0 aliphatic carbocycles. The number of rotatable bonds is 5. The zero-order valence-corrected chi connectivity index (χ0v) is 17.6. The molecule has 0 N–H and O–H groups in total. The average Bonchev–Trinajstić information content (AvgIpc) is 3.28. The Bertz CT molecular complexity index is 1250. The van der Waals surface area contributed by atoms with Gasteiger partial charge in [-0.1, -0.05) is 18.2 Å². The van der Waals surface area contributed by atoms with E-state index in [1.54, 1.807) is 4.90 Å². The van der Waals surface area contributed by atoms with E-state index in [0.717, 1.165) is 5.69 Å². The Morgan fingerprint density at radius 1 is 1.27 bits per heavy atom. The Kier molecular flexibility index (Phi) is 5.19. The first-order valence-corrected chi connectivity index (χ1v) is 11.6. The summed E-state index contributed by atoms with van der Waals surface area (Å²) in [5.41, 5.74) is 0.724. The summed E-state index contributed by atoms with van der Waals surface area (Å²) >= 11 is 0. The highest BCUT2D eigenvalue weighted by molar-refractivity contribution is 7.91. The minimum atomic E-state index is -3.09. The van der Waals surface area contributed by atoms with Crippen molar-refractivity contribution in [3.63, 3.8) is 0 Å². The summed E-state index contributed by atoms with van der Waals surface area (Å²) in [6.07, 6.45) is 3.17. The van der Waals surface area contributed by atoms with E-state index >= 15 is 0 Å². The molecule has 0 spiro atoms. The molecular formula is C20H23N5O4S. The van der Waals surface area contributed by atoms with E-state index in [1.165, 1.54) is 21.8 Å². The fraction of sp³-hybridized carbons (Fsp3) is 0.400. The number of hydrogen-bond donors (Lipinski definition) is 0. The molecule has 3 heterocycles. The largest absolute Gasteiger partial charge is 0.308 e. The van der Waals surface area contributed by atoms with Gasteiger partial charge in [-0.15, -0.1) is 0 Å². The molecule has 10 heteroatoms. The second-order valence-electron chi connectivity index (χ2n) is 7.75. The minimum Gasteiger partial charge on any atom is -0.308 e. The van der Waals surface area contributed by atoms with E-state index in [2.05, 4.69) is 10.1 Å². The zero-order valence-electron chi connectivity index (χ0n) is 16.8. The fourth-order valence-electron chi connectivity index (χ4n) is 3.86. The van der Waals surface area contributed by atoms with E-state index in [0.29, 0.717) is 12.1 Å². The Balaban J connectivity index is 1.63. The summed E-state index contributed by atoms with van der Waals surface area (Å²) in [7, 11) is -3.09. The summed E-state index contributed by atoms with van der Waals surface area (Å²) in [6, 6.07) is 8.88. The van der Waals surface area contributed by atoms with Crippen LogP contribution in [0.5, 0.6) is 0 Å². The van der Waals surface area contributed by atoms with Gasteiger partial charge in [0, 0.05) is 11.7 Å². The number of benzene rings is 1. The van der Waals surface area contributed by atoms with Crippen molar-refractivity contribution in [2.24, 2.45) is 0 Å². The molecule has 1 aliphatic rings. The first kappa shape index (κ1) is 20.3. The first-order valence-electron chi connectivity index (χ1n) is 9.77. The normalized spacial score (nSPS) is 18.2. The monoisotopic (exact) mass is 429 g/mol. The molecule has 1 fully saturated rings. The Hall–Kier alpha value is -3.01. The van der Waals surface area contributed by atoms with Crippen LogP contribution in [0.4, 0.5) is 5.69 Å². The summed E-state index contributed by atoms with van der Waals surface area (Å²) in [5.74, 6) is -0.128. The van der Waals surface area contributed by atoms with Crippen LogP contribution in [0.25, 0.3) is 11.0 Å². The van der Waals surface area contributed by atoms with Crippen molar-refractivity contribution in [3.05, 3.63) is 53.2 Å². The second-order valence-corrected chi connectivity index (χ2v) is 9.98. The Labute approximate surface area is 173 Å². The zero-order chi connectivity index (χ0) is 21.5. The molecule has 1 unspecified atom stereocenters. The van der Waals surface area contributed by atoms with Crippen molar-refractivity contribution in [3.8, 4) is 0 Å². The van der Waals surface area contributed by atoms with Crippen LogP contribution in [0.3, 0.4) is 0 Å². The van der Waals surface area contributed by atoms with Gasteiger partial charge < -0.3 is 4.90 Å². The van der Waals surface area contributed by atoms with Crippen LogP contribution in [-0.2, 0) is 21.2 Å². The molecule has 9 nitrogen and oxygen atoms in total. The number of hydrogen-bond acceptors (Lipinski definition) is 6. The van der Waals surface area contributed by atoms with Gasteiger partial charge >= 0.3 is 0 Å². The molecule has 158 valence electrons. The number of nitrogens with zero attached hydrogens (tertiary/aromatic N) is 5. The van der Waals surface area contributed by atoms with Crippen molar-refractivity contribution in [2.75, 3.05) is 16.4 Å². The van der Waals surface area contributed by atoms with Crippen molar-refractivity contribution in [1.82, 2.24) is 19.3 Å². The standard InChI is InChI=1S/C20H23N5O4S/c1-14(2)24(15-6-4-3-5-7-15)18(26)11-23-13-21-19-17(20(23)27)10-22-25(19)16-8-9-30(28,29)12-16/h3-7,10,13-14,16H,8-9,11-12H2,1-2H3. The van der Waals surface area contributed by atoms with Crippen LogP contribution in [0.1, 0.15) is 26.3 Å². The maximum atomic E-state index is 13.0. The van der Waals surface area contributed by atoms with Gasteiger partial charge in [-0.25, -0.2) is 18.1 Å². The number of carbonyl (C=O) groups excluding carboxylic acids is 1. The van der Waals surface area contributed by atoms with E-state index in [1.807, 2.05) is 44.2 Å². The SMILES string of the molecule is CC(C)N(C(=O)Cn1cnc2c(cnn2C2CCS(=O)(=O)C2)c1=O)c1ccccc1. The molecule has 0 saturated carbocycles. The smallest absolute Gasteiger partial charge is 0.264 e. The van der Waals surface area contributed by atoms with Gasteiger partial charge in [0.1, 0.15) is 18.3 Å². The number of amides is 1. The summed E-state index contributed by atoms with van der Waals surface area (Å²) in [6.45, 7) is 3.67. The average molecular weight is 430 g/mol. The quantitative estimate of drug-likeness (QED) is 0.607. The Morgan fingerprint density at radius 3 is 2.63 bits per heavy atom. The number of carbonyl (C=O) groups is 1. The molecule has 30 heavy (non-hydrogen) atoms. The molecule has 1 amide bonds. The topological polar surface area (TPSA) is 107 Å². The molecule has 4 rings (SSSR count). The van der Waals surface area contributed by atoms with E-state index < -0.39 is 9.84 Å². The molecule has 1 atom stereocenters. The lowest BCUT2D eigenvalue weighted by Crippen LogP contribution is -2.41. The van der Waals surface area contributed by atoms with Crippen LogP contribution in [0, 0.1) is 0 Å². The van der Waals surface area contributed by atoms with E-state index in [4.69, 9.17) is 0 Å². The number of sulfone groups is 1.